The van der Waals surface area contributed by atoms with Gasteiger partial charge in [0.25, 0.3) is 0 Å². The summed E-state index contributed by atoms with van der Waals surface area (Å²) in [6.45, 7) is 3.65. The number of rotatable bonds is 3. The standard InChI is InChI=1S/C12H22N2O2/c15-12(14-7-9-16-10-8-14)13-6-5-11-3-1-2-4-11/h11H,1-10H2,(H,13,15). The molecule has 0 aromatic heterocycles. The minimum Gasteiger partial charge on any atom is -0.378 e. The lowest BCUT2D eigenvalue weighted by Gasteiger charge is -2.27. The van der Waals surface area contributed by atoms with Gasteiger partial charge in [0.05, 0.1) is 13.2 Å². The van der Waals surface area contributed by atoms with Crippen LogP contribution in [0, 0.1) is 5.92 Å². The average Bonchev–Trinajstić information content (AvgIpc) is 2.83. The summed E-state index contributed by atoms with van der Waals surface area (Å²) in [7, 11) is 0. The molecular formula is C12H22N2O2. The van der Waals surface area contributed by atoms with Crippen LogP contribution in [-0.4, -0.2) is 43.8 Å². The van der Waals surface area contributed by atoms with E-state index < -0.39 is 0 Å². The lowest BCUT2D eigenvalue weighted by atomic mass is 10.0. The molecule has 0 unspecified atom stereocenters. The van der Waals surface area contributed by atoms with Gasteiger partial charge in [-0.25, -0.2) is 4.79 Å². The van der Waals surface area contributed by atoms with Gasteiger partial charge in [-0.3, -0.25) is 0 Å². The van der Waals surface area contributed by atoms with Gasteiger partial charge >= 0.3 is 6.03 Å². The third kappa shape index (κ3) is 3.37. The zero-order valence-electron chi connectivity index (χ0n) is 9.91. The predicted octanol–water partition coefficient (Wildman–Crippen LogP) is 1.61. The van der Waals surface area contributed by atoms with E-state index in [1.165, 1.54) is 25.7 Å². The summed E-state index contributed by atoms with van der Waals surface area (Å²) in [6.07, 6.45) is 6.61. The Labute approximate surface area is 97.3 Å². The summed E-state index contributed by atoms with van der Waals surface area (Å²) < 4.78 is 5.21. The predicted molar refractivity (Wildman–Crippen MR) is 62.4 cm³/mol. The van der Waals surface area contributed by atoms with Crippen molar-refractivity contribution in [1.82, 2.24) is 10.2 Å². The molecule has 2 amide bonds. The number of amides is 2. The molecule has 4 nitrogen and oxygen atoms in total. The summed E-state index contributed by atoms with van der Waals surface area (Å²) in [4.78, 5) is 13.6. The number of morpholine rings is 1. The third-order valence-corrected chi connectivity index (χ3v) is 3.60. The number of carbonyl (C=O) groups excluding carboxylic acids is 1. The molecular weight excluding hydrogens is 204 g/mol. The van der Waals surface area contributed by atoms with Crippen molar-refractivity contribution in [3.05, 3.63) is 0 Å². The molecule has 0 aromatic rings. The summed E-state index contributed by atoms with van der Waals surface area (Å²) >= 11 is 0. The fraction of sp³-hybridized carbons (Fsp3) is 0.917. The van der Waals surface area contributed by atoms with Crippen molar-refractivity contribution in [2.75, 3.05) is 32.8 Å². The maximum atomic E-state index is 11.7. The lowest BCUT2D eigenvalue weighted by molar-refractivity contribution is 0.0532. The largest absolute Gasteiger partial charge is 0.378 e. The van der Waals surface area contributed by atoms with Gasteiger partial charge in [-0.15, -0.1) is 0 Å². The van der Waals surface area contributed by atoms with Crippen molar-refractivity contribution in [3.8, 4) is 0 Å². The van der Waals surface area contributed by atoms with Crippen LogP contribution in [0.1, 0.15) is 32.1 Å². The van der Waals surface area contributed by atoms with Gasteiger partial charge in [0.2, 0.25) is 0 Å². The van der Waals surface area contributed by atoms with Gasteiger partial charge in [-0.1, -0.05) is 25.7 Å². The third-order valence-electron chi connectivity index (χ3n) is 3.60. The molecule has 92 valence electrons. The van der Waals surface area contributed by atoms with E-state index in [2.05, 4.69) is 5.32 Å². The Kier molecular flexibility index (Phi) is 4.45. The quantitative estimate of drug-likeness (QED) is 0.794. The summed E-state index contributed by atoms with van der Waals surface area (Å²) in [5.74, 6) is 0.852. The molecule has 1 heterocycles. The van der Waals surface area contributed by atoms with Crippen LogP contribution in [0.5, 0.6) is 0 Å². The second-order valence-electron chi connectivity index (χ2n) is 4.77. The zero-order valence-corrected chi connectivity index (χ0v) is 9.91. The summed E-state index contributed by atoms with van der Waals surface area (Å²) in [5, 5.41) is 3.01. The first-order chi connectivity index (χ1) is 7.86. The lowest BCUT2D eigenvalue weighted by Crippen LogP contribution is -2.46. The fourth-order valence-electron chi connectivity index (χ4n) is 2.56. The molecule has 2 rings (SSSR count). The molecule has 0 aromatic carbocycles. The molecule has 0 spiro atoms. The first kappa shape index (κ1) is 11.7. The molecule has 1 saturated carbocycles. The maximum Gasteiger partial charge on any atom is 0.317 e. The molecule has 1 aliphatic heterocycles. The molecule has 1 saturated heterocycles. The minimum atomic E-state index is 0.0845. The highest BCUT2D eigenvalue weighted by Crippen LogP contribution is 2.26. The SMILES string of the molecule is O=C(NCCC1CCCC1)N1CCOCC1. The van der Waals surface area contributed by atoms with E-state index in [4.69, 9.17) is 4.74 Å². The highest BCUT2D eigenvalue weighted by molar-refractivity contribution is 5.74. The van der Waals surface area contributed by atoms with Crippen molar-refractivity contribution < 1.29 is 9.53 Å². The second-order valence-corrected chi connectivity index (χ2v) is 4.77. The van der Waals surface area contributed by atoms with Crippen LogP contribution in [-0.2, 0) is 4.74 Å². The fourth-order valence-corrected chi connectivity index (χ4v) is 2.56. The first-order valence-corrected chi connectivity index (χ1v) is 6.47. The number of hydrogen-bond acceptors (Lipinski definition) is 2. The van der Waals surface area contributed by atoms with E-state index in [1.54, 1.807) is 0 Å². The van der Waals surface area contributed by atoms with Crippen LogP contribution < -0.4 is 5.32 Å². The number of ether oxygens (including phenoxy) is 1. The van der Waals surface area contributed by atoms with Gasteiger partial charge in [0.15, 0.2) is 0 Å². The average molecular weight is 226 g/mol. The first-order valence-electron chi connectivity index (χ1n) is 6.47. The Balaban J connectivity index is 1.59. The van der Waals surface area contributed by atoms with Gasteiger partial charge in [-0.05, 0) is 12.3 Å². The van der Waals surface area contributed by atoms with Crippen LogP contribution in [0.3, 0.4) is 0 Å². The van der Waals surface area contributed by atoms with Crippen molar-refractivity contribution in [2.45, 2.75) is 32.1 Å². The molecule has 0 atom stereocenters. The topological polar surface area (TPSA) is 41.6 Å². The number of urea groups is 1. The number of hydrogen-bond donors (Lipinski definition) is 1. The molecule has 2 fully saturated rings. The van der Waals surface area contributed by atoms with E-state index in [-0.39, 0.29) is 6.03 Å². The van der Waals surface area contributed by atoms with Crippen molar-refractivity contribution in [2.24, 2.45) is 5.92 Å². The van der Waals surface area contributed by atoms with Crippen LogP contribution in [0.15, 0.2) is 0 Å². The summed E-state index contributed by atoms with van der Waals surface area (Å²) in [5.41, 5.74) is 0. The Morgan fingerprint density at radius 1 is 1.25 bits per heavy atom. The zero-order chi connectivity index (χ0) is 11.2. The van der Waals surface area contributed by atoms with Gasteiger partial charge in [0, 0.05) is 19.6 Å². The van der Waals surface area contributed by atoms with E-state index in [0.717, 1.165) is 32.0 Å². The van der Waals surface area contributed by atoms with Gasteiger partial charge < -0.3 is 15.0 Å². The Hall–Kier alpha value is -0.770. The van der Waals surface area contributed by atoms with E-state index >= 15 is 0 Å². The molecule has 0 radical (unpaired) electrons. The van der Waals surface area contributed by atoms with Crippen molar-refractivity contribution in [3.63, 3.8) is 0 Å². The maximum absolute atomic E-state index is 11.7. The van der Waals surface area contributed by atoms with Crippen LogP contribution in [0.4, 0.5) is 4.79 Å². The van der Waals surface area contributed by atoms with Crippen molar-refractivity contribution in [1.29, 1.82) is 0 Å². The molecule has 4 heteroatoms. The highest BCUT2D eigenvalue weighted by Gasteiger charge is 2.18. The Morgan fingerprint density at radius 3 is 2.62 bits per heavy atom. The molecule has 16 heavy (non-hydrogen) atoms. The number of nitrogens with zero attached hydrogens (tertiary/aromatic N) is 1. The molecule has 1 aliphatic carbocycles. The van der Waals surface area contributed by atoms with Crippen LogP contribution in [0.25, 0.3) is 0 Å². The molecule has 1 N–H and O–H groups in total. The smallest absolute Gasteiger partial charge is 0.317 e. The van der Waals surface area contributed by atoms with Crippen LogP contribution in [0.2, 0.25) is 0 Å². The van der Waals surface area contributed by atoms with E-state index in [1.807, 2.05) is 4.90 Å². The second kappa shape index (κ2) is 6.09. The van der Waals surface area contributed by atoms with Gasteiger partial charge in [0.1, 0.15) is 0 Å². The molecule has 2 aliphatic rings. The van der Waals surface area contributed by atoms with E-state index in [0.29, 0.717) is 13.2 Å². The monoisotopic (exact) mass is 226 g/mol. The minimum absolute atomic E-state index is 0.0845. The van der Waals surface area contributed by atoms with Crippen molar-refractivity contribution >= 4 is 6.03 Å². The number of nitrogens with one attached hydrogen (secondary N) is 1. The van der Waals surface area contributed by atoms with Crippen LogP contribution >= 0.6 is 0 Å². The van der Waals surface area contributed by atoms with E-state index in [9.17, 15) is 4.79 Å². The Bertz CT molecular complexity index is 221. The number of carbonyl (C=O) groups is 1. The summed E-state index contributed by atoms with van der Waals surface area (Å²) in [6, 6.07) is 0.0845. The highest BCUT2D eigenvalue weighted by atomic mass is 16.5. The molecule has 0 bridgehead atoms. The normalized spacial score (nSPS) is 22.4. The van der Waals surface area contributed by atoms with Gasteiger partial charge in [-0.2, -0.15) is 0 Å². The Morgan fingerprint density at radius 2 is 1.94 bits per heavy atom.